The molecule has 0 fully saturated rings. The molecule has 0 spiro atoms. The van der Waals surface area contributed by atoms with Crippen molar-refractivity contribution in [2.75, 3.05) is 12.0 Å². The lowest BCUT2D eigenvalue weighted by Crippen LogP contribution is -2.47. The number of hydrogen-bond donors (Lipinski definition) is 3. The standard InChI is InChI=1S/C10H19NO4S/c1-3-4-7(9(12)13)11-8(10(14)15)5-6-16-2/h7-8,11H,3-6H2,1-2H3,(H,12,13)(H,14,15)/t7?,8-/m0/s1. The molecule has 2 atom stereocenters. The lowest BCUT2D eigenvalue weighted by atomic mass is 10.1. The zero-order chi connectivity index (χ0) is 12.6. The third kappa shape index (κ3) is 5.97. The zero-order valence-corrected chi connectivity index (χ0v) is 10.4. The smallest absolute Gasteiger partial charge is 0.320 e. The average molecular weight is 249 g/mol. The summed E-state index contributed by atoms with van der Waals surface area (Å²) in [4.78, 5) is 21.8. The van der Waals surface area contributed by atoms with Gasteiger partial charge in [-0.3, -0.25) is 14.9 Å². The highest BCUT2D eigenvalue weighted by molar-refractivity contribution is 7.98. The second-order valence-electron chi connectivity index (χ2n) is 3.52. The van der Waals surface area contributed by atoms with Gasteiger partial charge in [0.1, 0.15) is 12.1 Å². The molecular weight excluding hydrogens is 230 g/mol. The van der Waals surface area contributed by atoms with Crippen LogP contribution in [0.3, 0.4) is 0 Å². The number of carbonyl (C=O) groups is 2. The van der Waals surface area contributed by atoms with Crippen LogP contribution in [0.2, 0.25) is 0 Å². The van der Waals surface area contributed by atoms with E-state index in [9.17, 15) is 9.59 Å². The van der Waals surface area contributed by atoms with Crippen molar-refractivity contribution in [3.63, 3.8) is 0 Å². The van der Waals surface area contributed by atoms with Crippen LogP contribution in [0.5, 0.6) is 0 Å². The summed E-state index contributed by atoms with van der Waals surface area (Å²) in [6.07, 6.45) is 3.47. The van der Waals surface area contributed by atoms with Crippen molar-refractivity contribution in [2.24, 2.45) is 0 Å². The van der Waals surface area contributed by atoms with Crippen molar-refractivity contribution in [3.8, 4) is 0 Å². The Labute approximate surface area is 99.6 Å². The van der Waals surface area contributed by atoms with Gasteiger partial charge in [-0.2, -0.15) is 11.8 Å². The van der Waals surface area contributed by atoms with E-state index in [0.717, 1.165) is 0 Å². The fourth-order valence-corrected chi connectivity index (χ4v) is 1.79. The van der Waals surface area contributed by atoms with Crippen molar-refractivity contribution >= 4 is 23.7 Å². The van der Waals surface area contributed by atoms with E-state index in [-0.39, 0.29) is 0 Å². The molecule has 0 aliphatic carbocycles. The summed E-state index contributed by atoms with van der Waals surface area (Å²) >= 11 is 1.55. The predicted octanol–water partition coefficient (Wildman–Crippen LogP) is 1.04. The molecule has 0 aromatic heterocycles. The van der Waals surface area contributed by atoms with Crippen molar-refractivity contribution < 1.29 is 19.8 Å². The highest BCUT2D eigenvalue weighted by atomic mass is 32.2. The first-order chi connectivity index (χ1) is 7.52. The Morgan fingerprint density at radius 2 is 1.69 bits per heavy atom. The van der Waals surface area contributed by atoms with Gasteiger partial charge < -0.3 is 10.2 Å². The number of hydrogen-bond acceptors (Lipinski definition) is 4. The maximum Gasteiger partial charge on any atom is 0.320 e. The van der Waals surface area contributed by atoms with Gasteiger partial charge in [0.25, 0.3) is 0 Å². The van der Waals surface area contributed by atoms with Crippen LogP contribution in [0.4, 0.5) is 0 Å². The van der Waals surface area contributed by atoms with Crippen LogP contribution in [0.25, 0.3) is 0 Å². The molecule has 0 bridgehead atoms. The number of nitrogens with one attached hydrogen (secondary N) is 1. The molecule has 0 rings (SSSR count). The number of thioether (sulfide) groups is 1. The second kappa shape index (κ2) is 8.41. The summed E-state index contributed by atoms with van der Waals surface area (Å²) in [7, 11) is 0. The minimum Gasteiger partial charge on any atom is -0.480 e. The summed E-state index contributed by atoms with van der Waals surface area (Å²) in [5.74, 6) is -1.28. The highest BCUT2D eigenvalue weighted by Gasteiger charge is 2.24. The highest BCUT2D eigenvalue weighted by Crippen LogP contribution is 2.05. The minimum absolute atomic E-state index is 0.435. The van der Waals surface area contributed by atoms with Crippen LogP contribution < -0.4 is 5.32 Å². The Bertz CT molecular complexity index is 235. The normalized spacial score (nSPS) is 14.4. The fraction of sp³-hybridized carbons (Fsp3) is 0.800. The maximum atomic E-state index is 10.9. The van der Waals surface area contributed by atoms with Crippen LogP contribution in [0.1, 0.15) is 26.2 Å². The van der Waals surface area contributed by atoms with Crippen LogP contribution in [0, 0.1) is 0 Å². The van der Waals surface area contributed by atoms with Gasteiger partial charge >= 0.3 is 11.9 Å². The molecule has 0 radical (unpaired) electrons. The number of rotatable bonds is 9. The lowest BCUT2D eigenvalue weighted by Gasteiger charge is -2.19. The quantitative estimate of drug-likeness (QED) is 0.566. The van der Waals surface area contributed by atoms with E-state index in [2.05, 4.69) is 5.32 Å². The summed E-state index contributed by atoms with van der Waals surface area (Å²) in [6, 6.07) is -1.55. The molecule has 6 heteroatoms. The summed E-state index contributed by atoms with van der Waals surface area (Å²) in [6.45, 7) is 1.87. The molecule has 0 saturated carbocycles. The average Bonchev–Trinajstić information content (AvgIpc) is 2.21. The Kier molecular flexibility index (Phi) is 8.01. The second-order valence-corrected chi connectivity index (χ2v) is 4.50. The SMILES string of the molecule is CCCC(N[C@@H](CCSC)C(=O)O)C(=O)O. The molecule has 0 heterocycles. The van der Waals surface area contributed by atoms with E-state index >= 15 is 0 Å². The Hall–Kier alpha value is -0.750. The van der Waals surface area contributed by atoms with E-state index in [4.69, 9.17) is 10.2 Å². The van der Waals surface area contributed by atoms with E-state index in [1.807, 2.05) is 13.2 Å². The Morgan fingerprint density at radius 1 is 1.19 bits per heavy atom. The van der Waals surface area contributed by atoms with Gasteiger partial charge in [0.15, 0.2) is 0 Å². The molecule has 0 aliphatic heterocycles. The van der Waals surface area contributed by atoms with E-state index < -0.39 is 24.0 Å². The topological polar surface area (TPSA) is 86.6 Å². The van der Waals surface area contributed by atoms with E-state index in [0.29, 0.717) is 25.0 Å². The van der Waals surface area contributed by atoms with Crippen molar-refractivity contribution in [1.29, 1.82) is 0 Å². The molecule has 0 amide bonds. The fourth-order valence-electron chi connectivity index (χ4n) is 1.32. The molecule has 0 aromatic carbocycles. The molecule has 0 aliphatic rings. The predicted molar refractivity (Wildman–Crippen MR) is 63.9 cm³/mol. The molecule has 0 aromatic rings. The van der Waals surface area contributed by atoms with Gasteiger partial charge in [0, 0.05) is 0 Å². The number of carboxylic acid groups (broad SMARTS) is 2. The molecule has 3 N–H and O–H groups in total. The molecule has 1 unspecified atom stereocenters. The first-order valence-electron chi connectivity index (χ1n) is 5.23. The lowest BCUT2D eigenvalue weighted by molar-refractivity contribution is -0.142. The number of carboxylic acids is 2. The van der Waals surface area contributed by atoms with E-state index in [1.54, 1.807) is 11.8 Å². The van der Waals surface area contributed by atoms with Gasteiger partial charge in [-0.25, -0.2) is 0 Å². The number of aliphatic carboxylic acids is 2. The molecular formula is C10H19NO4S. The van der Waals surface area contributed by atoms with Gasteiger partial charge in [-0.15, -0.1) is 0 Å². The molecule has 94 valence electrons. The van der Waals surface area contributed by atoms with Gasteiger partial charge in [-0.05, 0) is 24.9 Å². The first-order valence-corrected chi connectivity index (χ1v) is 6.62. The Balaban J connectivity index is 4.32. The van der Waals surface area contributed by atoms with E-state index in [1.165, 1.54) is 0 Å². The van der Waals surface area contributed by atoms with Gasteiger partial charge in [-0.1, -0.05) is 13.3 Å². The summed E-state index contributed by atoms with van der Waals surface area (Å²) < 4.78 is 0. The van der Waals surface area contributed by atoms with Crippen molar-refractivity contribution in [2.45, 2.75) is 38.3 Å². The zero-order valence-electron chi connectivity index (χ0n) is 9.60. The minimum atomic E-state index is -0.989. The van der Waals surface area contributed by atoms with Crippen molar-refractivity contribution in [3.05, 3.63) is 0 Å². The first kappa shape index (κ1) is 15.2. The molecule has 5 nitrogen and oxygen atoms in total. The van der Waals surface area contributed by atoms with Gasteiger partial charge in [0.2, 0.25) is 0 Å². The Morgan fingerprint density at radius 3 is 2.06 bits per heavy atom. The third-order valence-electron chi connectivity index (χ3n) is 2.19. The third-order valence-corrected chi connectivity index (χ3v) is 2.83. The van der Waals surface area contributed by atoms with Crippen molar-refractivity contribution in [1.82, 2.24) is 5.32 Å². The van der Waals surface area contributed by atoms with Crippen LogP contribution in [0.15, 0.2) is 0 Å². The summed E-state index contributed by atoms with van der Waals surface area (Å²) in [5, 5.41) is 20.5. The van der Waals surface area contributed by atoms with Crippen LogP contribution in [-0.4, -0.2) is 46.2 Å². The summed E-state index contributed by atoms with van der Waals surface area (Å²) in [5.41, 5.74) is 0. The van der Waals surface area contributed by atoms with Crippen LogP contribution in [-0.2, 0) is 9.59 Å². The van der Waals surface area contributed by atoms with Gasteiger partial charge in [0.05, 0.1) is 0 Å². The molecule has 0 saturated heterocycles. The monoisotopic (exact) mass is 249 g/mol. The maximum absolute atomic E-state index is 10.9. The molecule has 16 heavy (non-hydrogen) atoms. The van der Waals surface area contributed by atoms with Crippen LogP contribution >= 0.6 is 11.8 Å². The largest absolute Gasteiger partial charge is 0.480 e.